The highest BCUT2D eigenvalue weighted by Gasteiger charge is 2.19. The van der Waals surface area contributed by atoms with E-state index in [0.717, 1.165) is 32.4 Å². The van der Waals surface area contributed by atoms with E-state index in [-0.39, 0.29) is 6.61 Å². The van der Waals surface area contributed by atoms with Gasteiger partial charge in [-0.1, -0.05) is 0 Å². The first kappa shape index (κ1) is 20.4. The smallest absolute Gasteiger partial charge is 0.229 e. The van der Waals surface area contributed by atoms with E-state index in [4.69, 9.17) is 4.74 Å². The van der Waals surface area contributed by atoms with Gasteiger partial charge in [0.2, 0.25) is 10.0 Å². The minimum Gasteiger partial charge on any atom is -0.491 e. The van der Waals surface area contributed by atoms with E-state index < -0.39 is 16.1 Å². The van der Waals surface area contributed by atoms with Crippen LogP contribution in [0.4, 0.5) is 11.4 Å². The number of anilines is 2. The number of nitrogens with zero attached hydrogens (tertiary/aromatic N) is 3. The molecule has 2 N–H and O–H groups in total. The number of hydrogen-bond donors (Lipinski definition) is 2. The zero-order valence-corrected chi connectivity index (χ0v) is 16.7. The number of benzene rings is 1. The number of nitrogens with one attached hydrogen (secondary N) is 1. The van der Waals surface area contributed by atoms with Crippen LogP contribution in [-0.2, 0) is 10.0 Å². The van der Waals surface area contributed by atoms with Gasteiger partial charge in [0.05, 0.1) is 6.26 Å². The van der Waals surface area contributed by atoms with Crippen LogP contribution in [0.3, 0.4) is 0 Å². The van der Waals surface area contributed by atoms with Crippen LogP contribution in [0.2, 0.25) is 0 Å². The second-order valence-corrected chi connectivity index (χ2v) is 8.60. The lowest BCUT2D eigenvalue weighted by Crippen LogP contribution is -2.49. The van der Waals surface area contributed by atoms with Crippen molar-refractivity contribution in [3.8, 4) is 5.75 Å². The zero-order valence-electron chi connectivity index (χ0n) is 15.9. The Morgan fingerprint density at radius 3 is 2.36 bits per heavy atom. The Morgan fingerprint density at radius 2 is 1.75 bits per heavy atom. The van der Waals surface area contributed by atoms with Crippen molar-refractivity contribution in [2.75, 3.05) is 55.2 Å². The van der Waals surface area contributed by atoms with Crippen LogP contribution >= 0.6 is 0 Å². The van der Waals surface area contributed by atoms with Crippen molar-refractivity contribution in [1.82, 2.24) is 9.88 Å². The summed E-state index contributed by atoms with van der Waals surface area (Å²) in [6.45, 7) is 4.32. The maximum Gasteiger partial charge on any atom is 0.229 e. The molecule has 2 heterocycles. The predicted octanol–water partition coefficient (Wildman–Crippen LogP) is 1.01. The van der Waals surface area contributed by atoms with Gasteiger partial charge in [0.1, 0.15) is 18.5 Å². The van der Waals surface area contributed by atoms with Crippen molar-refractivity contribution < 1.29 is 18.3 Å². The van der Waals surface area contributed by atoms with Gasteiger partial charge in [-0.05, 0) is 36.4 Å². The van der Waals surface area contributed by atoms with Crippen LogP contribution in [0.5, 0.6) is 5.75 Å². The molecule has 1 aromatic carbocycles. The molecule has 3 rings (SSSR count). The molecule has 1 fully saturated rings. The highest BCUT2D eigenvalue weighted by atomic mass is 32.2. The number of piperazine rings is 1. The maximum absolute atomic E-state index is 11.2. The molecule has 1 aliphatic rings. The lowest BCUT2D eigenvalue weighted by atomic mass is 10.2. The molecule has 0 aliphatic carbocycles. The molecule has 0 amide bonds. The molecule has 1 aromatic heterocycles. The third-order valence-corrected chi connectivity index (χ3v) is 5.08. The summed E-state index contributed by atoms with van der Waals surface area (Å²) in [5, 5.41) is 10.3. The van der Waals surface area contributed by atoms with E-state index in [1.54, 1.807) is 36.7 Å². The summed E-state index contributed by atoms with van der Waals surface area (Å²) in [5.74, 6) is 0.584. The first-order chi connectivity index (χ1) is 13.4. The van der Waals surface area contributed by atoms with Gasteiger partial charge in [0.25, 0.3) is 0 Å². The SMILES string of the molecule is CS(=O)(=O)Nc1ccc(OCC(O)CN2CCN(c3ccncc3)CC2)cc1. The number of rotatable bonds is 8. The number of hydrogen-bond acceptors (Lipinski definition) is 7. The van der Waals surface area contributed by atoms with Crippen LogP contribution in [-0.4, -0.2) is 75.1 Å². The van der Waals surface area contributed by atoms with Crippen molar-refractivity contribution in [2.24, 2.45) is 0 Å². The van der Waals surface area contributed by atoms with E-state index in [1.807, 2.05) is 12.1 Å². The van der Waals surface area contributed by atoms with E-state index in [2.05, 4.69) is 19.5 Å². The van der Waals surface area contributed by atoms with Crippen molar-refractivity contribution in [3.05, 3.63) is 48.8 Å². The standard InChI is InChI=1S/C19H26N4O4S/c1-28(25,26)21-16-2-4-19(5-3-16)27-15-18(24)14-22-10-12-23(13-11-22)17-6-8-20-9-7-17/h2-9,18,21,24H,10-15H2,1H3. The molecule has 0 spiro atoms. The average molecular weight is 407 g/mol. The highest BCUT2D eigenvalue weighted by molar-refractivity contribution is 7.92. The summed E-state index contributed by atoms with van der Waals surface area (Å²) >= 11 is 0. The first-order valence-corrected chi connectivity index (χ1v) is 11.0. The van der Waals surface area contributed by atoms with Crippen LogP contribution in [0, 0.1) is 0 Å². The van der Waals surface area contributed by atoms with Crippen LogP contribution in [0.15, 0.2) is 48.8 Å². The molecule has 152 valence electrons. The van der Waals surface area contributed by atoms with E-state index in [9.17, 15) is 13.5 Å². The summed E-state index contributed by atoms with van der Waals surface area (Å²) in [7, 11) is -3.30. The molecule has 1 aliphatic heterocycles. The summed E-state index contributed by atoms with van der Waals surface area (Å²) in [6, 6.07) is 10.6. The van der Waals surface area contributed by atoms with Gasteiger partial charge >= 0.3 is 0 Å². The topological polar surface area (TPSA) is 95.0 Å². The normalized spacial score (nSPS) is 16.6. The highest BCUT2D eigenvalue weighted by Crippen LogP contribution is 2.17. The first-order valence-electron chi connectivity index (χ1n) is 9.15. The summed E-state index contributed by atoms with van der Waals surface area (Å²) < 4.78 is 30.4. The molecule has 28 heavy (non-hydrogen) atoms. The second kappa shape index (κ2) is 9.22. The number of aliphatic hydroxyl groups excluding tert-OH is 1. The molecule has 2 aromatic rings. The Labute approximate surface area is 165 Å². The van der Waals surface area contributed by atoms with Gasteiger partial charge in [0, 0.05) is 56.5 Å². The van der Waals surface area contributed by atoms with Gasteiger partial charge in [-0.15, -0.1) is 0 Å². The van der Waals surface area contributed by atoms with Crippen molar-refractivity contribution in [1.29, 1.82) is 0 Å². The molecule has 1 atom stereocenters. The summed E-state index contributed by atoms with van der Waals surface area (Å²) in [5.41, 5.74) is 1.65. The number of aromatic nitrogens is 1. The van der Waals surface area contributed by atoms with Gasteiger partial charge in [-0.3, -0.25) is 14.6 Å². The number of ether oxygens (including phenoxy) is 1. The summed E-state index contributed by atoms with van der Waals surface area (Å²) in [4.78, 5) is 8.59. The van der Waals surface area contributed by atoms with E-state index >= 15 is 0 Å². The van der Waals surface area contributed by atoms with Crippen LogP contribution < -0.4 is 14.4 Å². The summed E-state index contributed by atoms with van der Waals surface area (Å²) in [6.07, 6.45) is 4.10. The van der Waals surface area contributed by atoms with Crippen molar-refractivity contribution in [2.45, 2.75) is 6.10 Å². The lowest BCUT2D eigenvalue weighted by molar-refractivity contribution is 0.0663. The Morgan fingerprint density at radius 1 is 1.11 bits per heavy atom. The minimum absolute atomic E-state index is 0.184. The van der Waals surface area contributed by atoms with E-state index in [0.29, 0.717) is 18.0 Å². The number of β-amino-alcohol motifs (C(OH)–C–C–N with tert-alkyl or cyclic N) is 1. The quantitative estimate of drug-likeness (QED) is 0.676. The fourth-order valence-electron chi connectivity index (χ4n) is 3.12. The van der Waals surface area contributed by atoms with Gasteiger partial charge < -0.3 is 14.7 Å². The lowest BCUT2D eigenvalue weighted by Gasteiger charge is -2.36. The van der Waals surface area contributed by atoms with E-state index in [1.165, 1.54) is 5.69 Å². The molecule has 1 saturated heterocycles. The van der Waals surface area contributed by atoms with Crippen molar-refractivity contribution in [3.63, 3.8) is 0 Å². The molecule has 1 unspecified atom stereocenters. The van der Waals surface area contributed by atoms with Gasteiger partial charge in [-0.25, -0.2) is 8.42 Å². The molecular formula is C19H26N4O4S. The number of aliphatic hydroxyl groups is 1. The Bertz CT molecular complexity index is 838. The number of sulfonamides is 1. The largest absolute Gasteiger partial charge is 0.491 e. The maximum atomic E-state index is 11.2. The molecule has 0 bridgehead atoms. The second-order valence-electron chi connectivity index (χ2n) is 6.86. The molecule has 9 heteroatoms. The molecule has 8 nitrogen and oxygen atoms in total. The fourth-order valence-corrected chi connectivity index (χ4v) is 3.68. The minimum atomic E-state index is -3.30. The fraction of sp³-hybridized carbons (Fsp3) is 0.421. The Kier molecular flexibility index (Phi) is 6.71. The third kappa shape index (κ3) is 6.36. The zero-order chi connectivity index (χ0) is 20.0. The Balaban J connectivity index is 1.39. The average Bonchev–Trinajstić information content (AvgIpc) is 2.68. The number of pyridine rings is 1. The van der Waals surface area contributed by atoms with Crippen molar-refractivity contribution >= 4 is 21.4 Å². The third-order valence-electron chi connectivity index (χ3n) is 4.47. The van der Waals surface area contributed by atoms with Crippen LogP contribution in [0.1, 0.15) is 0 Å². The predicted molar refractivity (Wildman–Crippen MR) is 109 cm³/mol. The monoisotopic (exact) mass is 406 g/mol. The Hall–Kier alpha value is -2.36. The van der Waals surface area contributed by atoms with Gasteiger partial charge in [-0.2, -0.15) is 0 Å². The van der Waals surface area contributed by atoms with Gasteiger partial charge in [0.15, 0.2) is 0 Å². The van der Waals surface area contributed by atoms with Crippen LogP contribution in [0.25, 0.3) is 0 Å². The molecule has 0 radical (unpaired) electrons. The molecular weight excluding hydrogens is 380 g/mol. The molecule has 0 saturated carbocycles.